The number of hydrogen-bond donors (Lipinski definition) is 2. The van der Waals surface area contributed by atoms with Crippen LogP contribution in [-0.2, 0) is 4.79 Å². The summed E-state index contributed by atoms with van der Waals surface area (Å²) < 4.78 is 10.6. The summed E-state index contributed by atoms with van der Waals surface area (Å²) >= 11 is 0. The Morgan fingerprint density at radius 3 is 2.40 bits per heavy atom. The van der Waals surface area contributed by atoms with E-state index in [0.29, 0.717) is 30.2 Å². The van der Waals surface area contributed by atoms with Gasteiger partial charge in [0.15, 0.2) is 18.1 Å². The minimum Gasteiger partial charge on any atom is -0.493 e. The van der Waals surface area contributed by atoms with Gasteiger partial charge in [-0.25, -0.2) is 0 Å². The van der Waals surface area contributed by atoms with Crippen LogP contribution in [0.15, 0.2) is 48.5 Å². The Hall–Kier alpha value is -3.02. The van der Waals surface area contributed by atoms with Crippen LogP contribution in [0.3, 0.4) is 0 Å². The lowest BCUT2D eigenvalue weighted by Gasteiger charge is -2.11. The summed E-state index contributed by atoms with van der Waals surface area (Å²) in [4.78, 5) is 23.7. The Labute approximate surface area is 147 Å². The molecule has 0 saturated heterocycles. The number of aryl methyl sites for hydroxylation is 1. The number of rotatable bonds is 8. The van der Waals surface area contributed by atoms with Crippen LogP contribution in [0.5, 0.6) is 11.5 Å². The van der Waals surface area contributed by atoms with Crippen LogP contribution in [-0.4, -0.2) is 38.6 Å². The number of ether oxygens (including phenoxy) is 2. The first-order chi connectivity index (χ1) is 12.1. The number of nitrogens with one attached hydrogen (secondary N) is 2. The largest absolute Gasteiger partial charge is 0.493 e. The molecule has 2 aromatic carbocycles. The summed E-state index contributed by atoms with van der Waals surface area (Å²) in [5, 5.41) is 5.45. The summed E-state index contributed by atoms with van der Waals surface area (Å²) in [7, 11) is 1.54. The highest BCUT2D eigenvalue weighted by Crippen LogP contribution is 2.25. The highest BCUT2D eigenvalue weighted by molar-refractivity contribution is 5.94. The van der Waals surface area contributed by atoms with Gasteiger partial charge in [-0.3, -0.25) is 9.59 Å². The van der Waals surface area contributed by atoms with Crippen molar-refractivity contribution in [2.24, 2.45) is 0 Å². The Balaban J connectivity index is 1.68. The van der Waals surface area contributed by atoms with Crippen LogP contribution in [0.4, 0.5) is 0 Å². The third kappa shape index (κ3) is 5.84. The smallest absolute Gasteiger partial charge is 0.258 e. The molecule has 25 heavy (non-hydrogen) atoms. The van der Waals surface area contributed by atoms with E-state index in [1.54, 1.807) is 31.4 Å². The van der Waals surface area contributed by atoms with Crippen molar-refractivity contribution in [3.8, 4) is 11.5 Å². The van der Waals surface area contributed by atoms with Crippen LogP contribution < -0.4 is 20.1 Å². The van der Waals surface area contributed by atoms with Crippen LogP contribution >= 0.6 is 0 Å². The predicted octanol–water partition coefficient (Wildman–Crippen LogP) is 1.93. The van der Waals surface area contributed by atoms with Gasteiger partial charge in [0.1, 0.15) is 0 Å². The first kappa shape index (κ1) is 18.3. The van der Waals surface area contributed by atoms with Crippen LogP contribution in [0.1, 0.15) is 15.9 Å². The topological polar surface area (TPSA) is 76.7 Å². The van der Waals surface area contributed by atoms with E-state index >= 15 is 0 Å². The van der Waals surface area contributed by atoms with Gasteiger partial charge in [0.25, 0.3) is 11.8 Å². The maximum Gasteiger partial charge on any atom is 0.258 e. The van der Waals surface area contributed by atoms with Crippen molar-refractivity contribution in [3.05, 3.63) is 59.7 Å². The Bertz CT molecular complexity index is 731. The summed E-state index contributed by atoms with van der Waals surface area (Å²) in [5.41, 5.74) is 1.63. The number of hydrogen-bond acceptors (Lipinski definition) is 4. The van der Waals surface area contributed by atoms with E-state index in [1.807, 2.05) is 31.2 Å². The van der Waals surface area contributed by atoms with Gasteiger partial charge in [0, 0.05) is 18.7 Å². The standard InChI is InChI=1S/C19H22N2O4/c1-14-6-5-7-15(12-14)19(23)21-11-10-20-18(22)13-25-17-9-4-3-8-16(17)24-2/h3-9,12H,10-11,13H2,1-2H3,(H,20,22)(H,21,23). The molecule has 0 radical (unpaired) electrons. The average Bonchev–Trinajstić information content (AvgIpc) is 2.63. The number of amides is 2. The zero-order valence-corrected chi connectivity index (χ0v) is 14.4. The molecule has 6 nitrogen and oxygen atoms in total. The number of carbonyl (C=O) groups excluding carboxylic acids is 2. The molecule has 0 fully saturated rings. The molecule has 0 heterocycles. The van der Waals surface area contributed by atoms with Crippen molar-refractivity contribution in [2.45, 2.75) is 6.92 Å². The summed E-state index contributed by atoms with van der Waals surface area (Å²) in [6, 6.07) is 14.4. The minimum absolute atomic E-state index is 0.119. The van der Waals surface area contributed by atoms with Gasteiger partial charge in [-0.15, -0.1) is 0 Å². The molecule has 2 amide bonds. The zero-order valence-electron chi connectivity index (χ0n) is 14.4. The normalized spacial score (nSPS) is 10.0. The van der Waals surface area contributed by atoms with Crippen molar-refractivity contribution < 1.29 is 19.1 Å². The quantitative estimate of drug-likeness (QED) is 0.719. The Morgan fingerprint density at radius 1 is 0.960 bits per heavy atom. The van der Waals surface area contributed by atoms with Crippen LogP contribution in [0, 0.1) is 6.92 Å². The number of methoxy groups -OCH3 is 1. The lowest BCUT2D eigenvalue weighted by atomic mass is 10.1. The molecule has 2 aromatic rings. The zero-order chi connectivity index (χ0) is 18.1. The van der Waals surface area contributed by atoms with Crippen LogP contribution in [0.2, 0.25) is 0 Å². The molecule has 2 N–H and O–H groups in total. The molecule has 0 saturated carbocycles. The van der Waals surface area contributed by atoms with Gasteiger partial charge in [0.05, 0.1) is 7.11 Å². The maximum absolute atomic E-state index is 12.0. The SMILES string of the molecule is COc1ccccc1OCC(=O)NCCNC(=O)c1cccc(C)c1. The minimum atomic E-state index is -0.268. The van der Waals surface area contributed by atoms with Crippen molar-refractivity contribution in [1.29, 1.82) is 0 Å². The number of benzene rings is 2. The van der Waals surface area contributed by atoms with Crippen molar-refractivity contribution >= 4 is 11.8 Å². The molecule has 0 spiro atoms. The fourth-order valence-electron chi connectivity index (χ4n) is 2.20. The summed E-state index contributed by atoms with van der Waals surface area (Å²) in [6.07, 6.45) is 0. The average molecular weight is 342 g/mol. The second-order valence-corrected chi connectivity index (χ2v) is 5.41. The maximum atomic E-state index is 12.0. The van der Waals surface area contributed by atoms with Gasteiger partial charge in [-0.2, -0.15) is 0 Å². The second-order valence-electron chi connectivity index (χ2n) is 5.41. The Kier molecular flexibility index (Phi) is 6.83. The molecule has 2 rings (SSSR count). The van der Waals surface area contributed by atoms with E-state index in [9.17, 15) is 9.59 Å². The molecule has 0 aliphatic rings. The van der Waals surface area contributed by atoms with Gasteiger partial charge in [-0.1, -0.05) is 29.8 Å². The molecule has 0 unspecified atom stereocenters. The van der Waals surface area contributed by atoms with E-state index in [-0.39, 0.29) is 18.4 Å². The molecule has 0 atom stereocenters. The Morgan fingerprint density at radius 2 is 1.68 bits per heavy atom. The monoisotopic (exact) mass is 342 g/mol. The first-order valence-corrected chi connectivity index (χ1v) is 7.97. The van der Waals surface area contributed by atoms with Crippen LogP contribution in [0.25, 0.3) is 0 Å². The number of para-hydroxylation sites is 2. The third-order valence-electron chi connectivity index (χ3n) is 3.44. The van der Waals surface area contributed by atoms with Gasteiger partial charge in [0.2, 0.25) is 0 Å². The lowest BCUT2D eigenvalue weighted by Crippen LogP contribution is -2.36. The highest BCUT2D eigenvalue weighted by atomic mass is 16.5. The molecular weight excluding hydrogens is 320 g/mol. The van der Waals surface area contributed by atoms with Crippen molar-refractivity contribution in [2.75, 3.05) is 26.8 Å². The van der Waals surface area contributed by atoms with Crippen molar-refractivity contribution in [3.63, 3.8) is 0 Å². The molecule has 0 bridgehead atoms. The predicted molar refractivity (Wildman–Crippen MR) is 95.0 cm³/mol. The van der Waals surface area contributed by atoms with E-state index < -0.39 is 0 Å². The van der Waals surface area contributed by atoms with Gasteiger partial charge >= 0.3 is 0 Å². The fraction of sp³-hybridized carbons (Fsp3) is 0.263. The molecule has 6 heteroatoms. The summed E-state index contributed by atoms with van der Waals surface area (Å²) in [6.45, 7) is 2.48. The fourth-order valence-corrected chi connectivity index (χ4v) is 2.20. The lowest BCUT2D eigenvalue weighted by molar-refractivity contribution is -0.123. The second kappa shape index (κ2) is 9.32. The molecule has 0 aliphatic heterocycles. The van der Waals surface area contributed by atoms with Crippen molar-refractivity contribution in [1.82, 2.24) is 10.6 Å². The first-order valence-electron chi connectivity index (χ1n) is 7.97. The highest BCUT2D eigenvalue weighted by Gasteiger charge is 2.07. The van der Waals surface area contributed by atoms with Gasteiger partial charge in [-0.05, 0) is 31.2 Å². The number of carbonyl (C=O) groups is 2. The summed E-state index contributed by atoms with van der Waals surface area (Å²) in [5.74, 6) is 0.646. The van der Waals surface area contributed by atoms with Gasteiger partial charge < -0.3 is 20.1 Å². The van der Waals surface area contributed by atoms with E-state index in [0.717, 1.165) is 5.56 Å². The third-order valence-corrected chi connectivity index (χ3v) is 3.44. The van der Waals surface area contributed by atoms with E-state index in [4.69, 9.17) is 9.47 Å². The molecule has 0 aliphatic carbocycles. The molecule has 0 aromatic heterocycles. The van der Waals surface area contributed by atoms with E-state index in [2.05, 4.69) is 10.6 Å². The molecular formula is C19H22N2O4. The molecule has 132 valence electrons. The van der Waals surface area contributed by atoms with E-state index in [1.165, 1.54) is 0 Å².